The number of anilines is 1. The van der Waals surface area contributed by atoms with Crippen LogP contribution in [-0.4, -0.2) is 43.9 Å². The zero-order chi connectivity index (χ0) is 22.2. The Balaban J connectivity index is 1.61. The van der Waals surface area contributed by atoms with Crippen molar-refractivity contribution in [3.05, 3.63) is 45.8 Å². The van der Waals surface area contributed by atoms with Gasteiger partial charge in [0.05, 0.1) is 19.3 Å². The summed E-state index contributed by atoms with van der Waals surface area (Å²) in [4.78, 5) is 26.0. The molecule has 1 aromatic carbocycles. The molecule has 2 aromatic rings. The number of carbonyl (C=O) groups excluding carboxylic acids is 2. The lowest BCUT2D eigenvalue weighted by molar-refractivity contribution is 0.0601. The zero-order valence-electron chi connectivity index (χ0n) is 17.6. The summed E-state index contributed by atoms with van der Waals surface area (Å²) in [7, 11) is 1.36. The van der Waals surface area contributed by atoms with Crippen molar-refractivity contribution >= 4 is 45.5 Å². The van der Waals surface area contributed by atoms with Gasteiger partial charge in [-0.1, -0.05) is 0 Å². The van der Waals surface area contributed by atoms with E-state index in [9.17, 15) is 9.59 Å². The number of carbonyl (C=O) groups is 2. The van der Waals surface area contributed by atoms with Gasteiger partial charge in [0.25, 0.3) is 5.91 Å². The predicted molar refractivity (Wildman–Crippen MR) is 124 cm³/mol. The Hall–Kier alpha value is -2.49. The van der Waals surface area contributed by atoms with Crippen LogP contribution in [0.2, 0.25) is 0 Å². The van der Waals surface area contributed by atoms with Crippen molar-refractivity contribution in [3.8, 4) is 5.75 Å². The number of aryl methyl sites for hydroxylation is 1. The average molecular weight is 463 g/mol. The molecule has 0 fully saturated rings. The summed E-state index contributed by atoms with van der Waals surface area (Å²) in [5.74, 6) is -0.0842. The van der Waals surface area contributed by atoms with Crippen molar-refractivity contribution in [2.75, 3.05) is 32.2 Å². The van der Waals surface area contributed by atoms with Crippen LogP contribution in [0.4, 0.5) is 5.00 Å². The third kappa shape index (κ3) is 6.03. The first-order valence-corrected chi connectivity index (χ1v) is 11.4. The zero-order valence-corrected chi connectivity index (χ0v) is 19.2. The molecule has 0 atom stereocenters. The first kappa shape index (κ1) is 23.2. The normalized spacial score (nSPS) is 12.6. The number of methoxy groups -OCH3 is 1. The van der Waals surface area contributed by atoms with Gasteiger partial charge < -0.3 is 19.5 Å². The Morgan fingerprint density at radius 3 is 2.58 bits per heavy atom. The summed E-state index contributed by atoms with van der Waals surface area (Å²) in [5.41, 5.74) is 1.99. The maximum atomic E-state index is 12.5. The number of nitrogens with one attached hydrogen (secondary N) is 2. The highest BCUT2D eigenvalue weighted by atomic mass is 32.1. The van der Waals surface area contributed by atoms with Crippen LogP contribution in [0.1, 0.15) is 50.9 Å². The van der Waals surface area contributed by atoms with E-state index in [4.69, 9.17) is 26.4 Å². The third-order valence-electron chi connectivity index (χ3n) is 4.83. The van der Waals surface area contributed by atoms with Gasteiger partial charge in [-0.3, -0.25) is 10.1 Å². The Bertz CT molecular complexity index is 940. The molecule has 1 aromatic heterocycles. The van der Waals surface area contributed by atoms with Gasteiger partial charge in [-0.2, -0.15) is 0 Å². The minimum atomic E-state index is -0.393. The molecule has 3 rings (SSSR count). The Labute approximate surface area is 191 Å². The van der Waals surface area contributed by atoms with E-state index in [1.807, 2.05) is 6.92 Å². The monoisotopic (exact) mass is 462 g/mol. The second-order valence-corrected chi connectivity index (χ2v) is 8.40. The number of thiocarbonyl (C=S) groups is 1. The molecule has 31 heavy (non-hydrogen) atoms. The number of hydrogen-bond acceptors (Lipinski definition) is 7. The van der Waals surface area contributed by atoms with E-state index < -0.39 is 5.97 Å². The van der Waals surface area contributed by atoms with Crippen LogP contribution < -0.4 is 15.4 Å². The van der Waals surface area contributed by atoms with E-state index in [1.54, 1.807) is 24.3 Å². The molecular weight excluding hydrogens is 436 g/mol. The van der Waals surface area contributed by atoms with Gasteiger partial charge >= 0.3 is 5.97 Å². The molecule has 1 aliphatic carbocycles. The molecule has 9 heteroatoms. The minimum absolute atomic E-state index is 0.130. The highest BCUT2D eigenvalue weighted by molar-refractivity contribution is 7.80. The molecule has 0 saturated heterocycles. The van der Waals surface area contributed by atoms with Crippen LogP contribution >= 0.6 is 23.6 Å². The van der Waals surface area contributed by atoms with Gasteiger partial charge in [-0.25, -0.2) is 4.79 Å². The largest absolute Gasteiger partial charge is 0.491 e. The predicted octanol–water partition coefficient (Wildman–Crippen LogP) is 3.96. The number of thiophene rings is 1. The number of benzene rings is 1. The van der Waals surface area contributed by atoms with Gasteiger partial charge in [-0.05, 0) is 74.7 Å². The molecule has 0 bridgehead atoms. The SMILES string of the molecule is CCOCCOc1ccc(C(=O)NC(=S)Nc2sc3c(c2C(=O)OC)CCCC3)cc1. The smallest absolute Gasteiger partial charge is 0.341 e. The van der Waals surface area contributed by atoms with Crippen LogP contribution in [-0.2, 0) is 22.3 Å². The van der Waals surface area contributed by atoms with E-state index in [-0.39, 0.29) is 11.0 Å². The molecule has 1 aliphatic rings. The number of ether oxygens (including phenoxy) is 3. The molecule has 0 spiro atoms. The van der Waals surface area contributed by atoms with Crippen molar-refractivity contribution in [2.45, 2.75) is 32.6 Å². The molecule has 0 unspecified atom stereocenters. The molecule has 0 saturated carbocycles. The minimum Gasteiger partial charge on any atom is -0.491 e. The first-order valence-electron chi connectivity index (χ1n) is 10.2. The maximum absolute atomic E-state index is 12.5. The van der Waals surface area contributed by atoms with Crippen LogP contribution in [0.3, 0.4) is 0 Å². The molecule has 166 valence electrons. The van der Waals surface area contributed by atoms with Crippen LogP contribution in [0, 0.1) is 0 Å². The molecule has 1 heterocycles. The lowest BCUT2D eigenvalue weighted by Gasteiger charge is -2.12. The average Bonchev–Trinajstić information content (AvgIpc) is 3.14. The number of rotatable bonds is 8. The Kier molecular flexibility index (Phi) is 8.39. The van der Waals surface area contributed by atoms with E-state index in [0.717, 1.165) is 31.2 Å². The van der Waals surface area contributed by atoms with E-state index in [2.05, 4.69) is 10.6 Å². The van der Waals surface area contributed by atoms with Gasteiger partial charge in [-0.15, -0.1) is 11.3 Å². The lowest BCUT2D eigenvalue weighted by atomic mass is 9.95. The Morgan fingerprint density at radius 1 is 1.13 bits per heavy atom. The van der Waals surface area contributed by atoms with Crippen molar-refractivity contribution in [1.82, 2.24) is 5.32 Å². The fourth-order valence-corrected chi connectivity index (χ4v) is 4.89. The van der Waals surface area contributed by atoms with Crippen molar-refractivity contribution in [2.24, 2.45) is 0 Å². The van der Waals surface area contributed by atoms with Gasteiger partial charge in [0.15, 0.2) is 5.11 Å². The fraction of sp³-hybridized carbons (Fsp3) is 0.409. The number of amides is 1. The Morgan fingerprint density at radius 2 is 1.87 bits per heavy atom. The fourth-order valence-electron chi connectivity index (χ4n) is 3.35. The summed E-state index contributed by atoms with van der Waals surface area (Å²) in [5, 5.41) is 6.42. The van der Waals surface area contributed by atoms with Crippen LogP contribution in [0.15, 0.2) is 24.3 Å². The van der Waals surface area contributed by atoms with Gasteiger partial charge in [0.1, 0.15) is 17.4 Å². The highest BCUT2D eigenvalue weighted by Crippen LogP contribution is 2.38. The summed E-state index contributed by atoms with van der Waals surface area (Å²) < 4.78 is 15.7. The van der Waals surface area contributed by atoms with E-state index in [1.165, 1.54) is 23.3 Å². The van der Waals surface area contributed by atoms with E-state index >= 15 is 0 Å². The maximum Gasteiger partial charge on any atom is 0.341 e. The summed E-state index contributed by atoms with van der Waals surface area (Å²) >= 11 is 6.81. The number of fused-ring (bicyclic) bond motifs is 1. The summed E-state index contributed by atoms with van der Waals surface area (Å²) in [6.45, 7) is 3.53. The molecule has 1 amide bonds. The van der Waals surface area contributed by atoms with Crippen molar-refractivity contribution in [3.63, 3.8) is 0 Å². The number of esters is 1. The second-order valence-electron chi connectivity index (χ2n) is 6.88. The quantitative estimate of drug-likeness (QED) is 0.349. The highest BCUT2D eigenvalue weighted by Gasteiger charge is 2.26. The van der Waals surface area contributed by atoms with Crippen LogP contribution in [0.5, 0.6) is 5.75 Å². The number of hydrogen-bond donors (Lipinski definition) is 2. The molecular formula is C22H26N2O5S2. The summed E-state index contributed by atoms with van der Waals surface area (Å²) in [6.07, 6.45) is 3.92. The molecule has 2 N–H and O–H groups in total. The summed E-state index contributed by atoms with van der Waals surface area (Å²) in [6, 6.07) is 6.77. The van der Waals surface area contributed by atoms with Gasteiger partial charge in [0, 0.05) is 17.0 Å². The third-order valence-corrected chi connectivity index (χ3v) is 6.24. The first-order chi connectivity index (χ1) is 15.0. The molecule has 0 aliphatic heterocycles. The van der Waals surface area contributed by atoms with Crippen molar-refractivity contribution in [1.29, 1.82) is 0 Å². The standard InChI is InChI=1S/C22H26N2O5S2/c1-3-28-12-13-29-15-10-8-14(9-11-15)19(25)23-22(30)24-20-18(21(26)27-2)16-6-4-5-7-17(16)31-20/h8-11H,3-7,12-13H2,1-2H3,(H2,23,24,25,30). The van der Waals surface area contributed by atoms with Crippen molar-refractivity contribution < 1.29 is 23.8 Å². The molecule has 7 nitrogen and oxygen atoms in total. The second kappa shape index (κ2) is 11.2. The molecule has 0 radical (unpaired) electrons. The topological polar surface area (TPSA) is 85.9 Å². The van der Waals surface area contributed by atoms with E-state index in [0.29, 0.717) is 41.7 Å². The lowest BCUT2D eigenvalue weighted by Crippen LogP contribution is -2.34. The van der Waals surface area contributed by atoms with Crippen LogP contribution in [0.25, 0.3) is 0 Å². The van der Waals surface area contributed by atoms with Gasteiger partial charge in [0.2, 0.25) is 0 Å².